The maximum Gasteiger partial charge on any atom is 0.244 e. The molecular formula is C25H33Cl2N3O4S. The van der Waals surface area contributed by atoms with Crippen LogP contribution in [0.15, 0.2) is 42.5 Å². The maximum atomic E-state index is 13.7. The number of halogens is 2. The van der Waals surface area contributed by atoms with Crippen molar-refractivity contribution in [2.75, 3.05) is 17.1 Å². The summed E-state index contributed by atoms with van der Waals surface area (Å²) in [6.45, 7) is 7.01. The van der Waals surface area contributed by atoms with Crippen LogP contribution in [-0.2, 0) is 26.2 Å². The summed E-state index contributed by atoms with van der Waals surface area (Å²) >= 11 is 12.2. The molecule has 2 amide bonds. The molecule has 0 saturated heterocycles. The van der Waals surface area contributed by atoms with Gasteiger partial charge in [0.1, 0.15) is 12.6 Å². The number of carbonyl (C=O) groups excluding carboxylic acids is 2. The molecule has 1 N–H and O–H groups in total. The van der Waals surface area contributed by atoms with Crippen LogP contribution < -0.4 is 9.62 Å². The first-order valence-electron chi connectivity index (χ1n) is 11.5. The topological polar surface area (TPSA) is 86.8 Å². The van der Waals surface area contributed by atoms with E-state index in [1.165, 1.54) is 4.90 Å². The van der Waals surface area contributed by atoms with Crippen molar-refractivity contribution in [3.8, 4) is 0 Å². The fourth-order valence-electron chi connectivity index (χ4n) is 3.61. The van der Waals surface area contributed by atoms with Crippen molar-refractivity contribution >= 4 is 50.7 Å². The Hall–Kier alpha value is -2.29. The number of nitrogens with one attached hydrogen (secondary N) is 1. The van der Waals surface area contributed by atoms with Gasteiger partial charge in [-0.3, -0.25) is 13.9 Å². The van der Waals surface area contributed by atoms with Crippen LogP contribution in [0.3, 0.4) is 0 Å². The Kier molecular flexibility index (Phi) is 10.4. The highest BCUT2D eigenvalue weighted by molar-refractivity contribution is 7.92. The SMILES string of the molecule is CC[C@@H](C)NC(=O)[C@@H](CC)N(Cc1ccc(Cl)cc1)C(=O)CN(c1cccc(Cl)c1C)S(C)(=O)=O. The molecule has 0 saturated carbocycles. The number of hydrogen-bond acceptors (Lipinski definition) is 4. The molecule has 0 aromatic heterocycles. The summed E-state index contributed by atoms with van der Waals surface area (Å²) in [7, 11) is -3.83. The standard InChI is InChI=1S/C25H33Cl2N3O4S/c1-6-17(3)28-25(32)22(7-2)29(15-19-11-13-20(26)14-12-19)24(31)16-30(35(5,33)34)23-10-8-9-21(27)18(23)4/h8-14,17,22H,6-7,15-16H2,1-5H3,(H,28,32)/t17-,22-/m1/s1. The van der Waals surface area contributed by atoms with Crippen LogP contribution in [0, 0.1) is 6.92 Å². The monoisotopic (exact) mass is 541 g/mol. The molecule has 192 valence electrons. The number of carbonyl (C=O) groups is 2. The molecule has 0 fully saturated rings. The molecule has 2 rings (SSSR count). The molecule has 0 radical (unpaired) electrons. The number of benzene rings is 2. The van der Waals surface area contributed by atoms with Crippen molar-refractivity contribution in [3.05, 3.63) is 63.6 Å². The first-order chi connectivity index (χ1) is 16.4. The van der Waals surface area contributed by atoms with Crippen LogP contribution in [0.4, 0.5) is 5.69 Å². The van der Waals surface area contributed by atoms with Crippen molar-refractivity contribution in [3.63, 3.8) is 0 Å². The van der Waals surface area contributed by atoms with Gasteiger partial charge in [0.05, 0.1) is 11.9 Å². The van der Waals surface area contributed by atoms with Crippen LogP contribution in [0.1, 0.15) is 44.7 Å². The highest BCUT2D eigenvalue weighted by Crippen LogP contribution is 2.28. The molecule has 10 heteroatoms. The summed E-state index contributed by atoms with van der Waals surface area (Å²) in [6, 6.07) is 11.0. The van der Waals surface area contributed by atoms with E-state index in [0.717, 1.165) is 22.5 Å². The van der Waals surface area contributed by atoms with E-state index in [4.69, 9.17) is 23.2 Å². The Balaban J connectivity index is 2.47. The van der Waals surface area contributed by atoms with Gasteiger partial charge < -0.3 is 10.2 Å². The summed E-state index contributed by atoms with van der Waals surface area (Å²) in [4.78, 5) is 28.2. The van der Waals surface area contributed by atoms with Crippen LogP contribution in [0.25, 0.3) is 0 Å². The highest BCUT2D eigenvalue weighted by Gasteiger charge is 2.32. The molecule has 0 bridgehead atoms. The fraction of sp³-hybridized carbons (Fsp3) is 0.440. The molecule has 7 nitrogen and oxygen atoms in total. The van der Waals surface area contributed by atoms with Gasteiger partial charge in [-0.2, -0.15) is 0 Å². The third-order valence-electron chi connectivity index (χ3n) is 5.84. The first kappa shape index (κ1) is 28.9. The van der Waals surface area contributed by atoms with Crippen molar-refractivity contribution < 1.29 is 18.0 Å². The van der Waals surface area contributed by atoms with Crippen molar-refractivity contribution in [2.24, 2.45) is 0 Å². The van der Waals surface area contributed by atoms with E-state index in [-0.39, 0.29) is 18.5 Å². The molecule has 0 unspecified atom stereocenters. The Morgan fingerprint density at radius 2 is 1.66 bits per heavy atom. The summed E-state index contributed by atoms with van der Waals surface area (Å²) in [5.74, 6) is -0.787. The van der Waals surface area contributed by atoms with Crippen LogP contribution >= 0.6 is 23.2 Å². The van der Waals surface area contributed by atoms with Gasteiger partial charge in [-0.05, 0) is 62.1 Å². The van der Waals surface area contributed by atoms with Crippen LogP contribution in [-0.4, -0.2) is 50.0 Å². The fourth-order valence-corrected chi connectivity index (χ4v) is 4.80. The zero-order valence-electron chi connectivity index (χ0n) is 20.7. The minimum absolute atomic E-state index is 0.0642. The molecule has 2 atom stereocenters. The Labute approximate surface area is 218 Å². The minimum atomic E-state index is -3.83. The average Bonchev–Trinajstić information content (AvgIpc) is 2.79. The van der Waals surface area contributed by atoms with Gasteiger partial charge in [0.15, 0.2) is 0 Å². The van der Waals surface area contributed by atoms with Gasteiger partial charge in [-0.15, -0.1) is 0 Å². The molecule has 0 heterocycles. The summed E-state index contributed by atoms with van der Waals surface area (Å²) in [5.41, 5.74) is 1.62. The maximum absolute atomic E-state index is 13.7. The number of nitrogens with zero attached hydrogens (tertiary/aromatic N) is 2. The lowest BCUT2D eigenvalue weighted by Gasteiger charge is -2.33. The number of amides is 2. The summed E-state index contributed by atoms with van der Waals surface area (Å²) in [5, 5.41) is 3.88. The van der Waals surface area contributed by atoms with Crippen molar-refractivity contribution in [1.29, 1.82) is 0 Å². The van der Waals surface area contributed by atoms with E-state index in [2.05, 4.69) is 5.32 Å². The molecule has 35 heavy (non-hydrogen) atoms. The van der Waals surface area contributed by atoms with Gasteiger partial charge >= 0.3 is 0 Å². The predicted molar refractivity (Wildman–Crippen MR) is 142 cm³/mol. The van der Waals surface area contributed by atoms with Gasteiger partial charge in [-0.1, -0.05) is 55.2 Å². The first-order valence-corrected chi connectivity index (χ1v) is 14.1. The average molecular weight is 543 g/mol. The zero-order chi connectivity index (χ0) is 26.3. The number of anilines is 1. The van der Waals surface area contributed by atoms with Gasteiger partial charge in [0.2, 0.25) is 21.8 Å². The van der Waals surface area contributed by atoms with E-state index in [0.29, 0.717) is 27.7 Å². The number of rotatable bonds is 11. The molecular weight excluding hydrogens is 509 g/mol. The predicted octanol–water partition coefficient (Wildman–Crippen LogP) is 4.79. The molecule has 0 aliphatic rings. The normalized spacial score (nSPS) is 13.1. The lowest BCUT2D eigenvalue weighted by molar-refractivity contribution is -0.140. The smallest absolute Gasteiger partial charge is 0.244 e. The highest BCUT2D eigenvalue weighted by atomic mass is 35.5. The lowest BCUT2D eigenvalue weighted by atomic mass is 10.1. The minimum Gasteiger partial charge on any atom is -0.352 e. The molecule has 2 aromatic rings. The largest absolute Gasteiger partial charge is 0.352 e. The lowest BCUT2D eigenvalue weighted by Crippen LogP contribution is -2.53. The Bertz CT molecular complexity index is 1140. The van der Waals surface area contributed by atoms with Crippen molar-refractivity contribution in [1.82, 2.24) is 10.2 Å². The van der Waals surface area contributed by atoms with E-state index < -0.39 is 28.5 Å². The number of sulfonamides is 1. The molecule has 2 aromatic carbocycles. The third-order valence-corrected chi connectivity index (χ3v) is 7.63. The summed E-state index contributed by atoms with van der Waals surface area (Å²) < 4.78 is 26.5. The van der Waals surface area contributed by atoms with Gasteiger partial charge in [-0.25, -0.2) is 8.42 Å². The van der Waals surface area contributed by atoms with E-state index in [1.807, 2.05) is 20.8 Å². The van der Waals surface area contributed by atoms with Crippen LogP contribution in [0.2, 0.25) is 10.0 Å². The van der Waals surface area contributed by atoms with E-state index in [9.17, 15) is 18.0 Å². The number of hydrogen-bond donors (Lipinski definition) is 1. The molecule has 0 spiro atoms. The zero-order valence-corrected chi connectivity index (χ0v) is 23.0. The second-order valence-corrected chi connectivity index (χ2v) is 11.3. The Morgan fingerprint density at radius 1 is 1.03 bits per heavy atom. The van der Waals surface area contributed by atoms with Crippen LogP contribution in [0.5, 0.6) is 0 Å². The van der Waals surface area contributed by atoms with Gasteiger partial charge in [0, 0.05) is 22.6 Å². The molecule has 0 aliphatic carbocycles. The van der Waals surface area contributed by atoms with Crippen molar-refractivity contribution in [2.45, 2.75) is 59.2 Å². The quantitative estimate of drug-likeness (QED) is 0.443. The summed E-state index contributed by atoms with van der Waals surface area (Å²) in [6.07, 6.45) is 2.14. The second-order valence-electron chi connectivity index (χ2n) is 8.54. The van der Waals surface area contributed by atoms with E-state index >= 15 is 0 Å². The Morgan fingerprint density at radius 3 is 2.20 bits per heavy atom. The van der Waals surface area contributed by atoms with Gasteiger partial charge in [0.25, 0.3) is 0 Å². The molecule has 0 aliphatic heterocycles. The third kappa shape index (κ3) is 7.85. The van der Waals surface area contributed by atoms with E-state index in [1.54, 1.807) is 49.4 Å². The second kappa shape index (κ2) is 12.6.